The molecule has 1 rings (SSSR count). The molecule has 0 aliphatic rings. The zero-order valence-electron chi connectivity index (χ0n) is 7.59. The van der Waals surface area contributed by atoms with E-state index in [1.807, 2.05) is 0 Å². The van der Waals surface area contributed by atoms with Crippen LogP contribution in [0.2, 0.25) is 10.0 Å². The topological polar surface area (TPSA) is 35.2 Å². The number of hydrogen-bond acceptors (Lipinski definition) is 2. The monoisotopic (exact) mass is 231 g/mol. The maximum absolute atomic E-state index is 5.89. The molecule has 0 aliphatic carbocycles. The van der Waals surface area contributed by atoms with Crippen molar-refractivity contribution in [3.63, 3.8) is 0 Å². The van der Waals surface area contributed by atoms with Crippen LogP contribution in [-0.2, 0) is 0 Å². The van der Waals surface area contributed by atoms with Crippen LogP contribution in [0.15, 0.2) is 30.4 Å². The molecule has 0 spiro atoms. The summed E-state index contributed by atoms with van der Waals surface area (Å²) in [6.07, 6.45) is 0. The van der Waals surface area contributed by atoms with Gasteiger partial charge in [0.15, 0.2) is 0 Å². The van der Waals surface area contributed by atoms with Crippen LogP contribution in [-0.4, -0.2) is 13.2 Å². The predicted octanol–water partition coefficient (Wildman–Crippen LogP) is 2.89. The number of rotatable bonds is 4. The van der Waals surface area contributed by atoms with E-state index in [4.69, 9.17) is 33.7 Å². The smallest absolute Gasteiger partial charge is 0.138 e. The zero-order valence-corrected chi connectivity index (χ0v) is 9.11. The molecule has 4 heteroatoms. The fourth-order valence-corrected chi connectivity index (χ4v) is 1.29. The largest absolute Gasteiger partial charge is 0.488 e. The van der Waals surface area contributed by atoms with Crippen LogP contribution in [0.3, 0.4) is 0 Å². The highest BCUT2D eigenvalue weighted by atomic mass is 35.5. The molecule has 14 heavy (non-hydrogen) atoms. The third-order valence-corrected chi connectivity index (χ3v) is 2.14. The Morgan fingerprint density at radius 2 is 2.14 bits per heavy atom. The Kier molecular flexibility index (Phi) is 4.26. The molecule has 1 aromatic rings. The molecular formula is C10H11Cl2NO. The van der Waals surface area contributed by atoms with E-state index in [0.717, 1.165) is 5.57 Å². The molecular weight excluding hydrogens is 221 g/mol. The highest BCUT2D eigenvalue weighted by Gasteiger charge is 2.02. The van der Waals surface area contributed by atoms with Crippen molar-refractivity contribution in [2.24, 2.45) is 5.73 Å². The van der Waals surface area contributed by atoms with Gasteiger partial charge in [0.1, 0.15) is 12.4 Å². The standard InChI is InChI=1S/C10H11Cl2NO/c1-7(5-13)6-14-10-3-2-8(11)4-9(10)12/h2-4H,1,5-6,13H2. The van der Waals surface area contributed by atoms with Crippen LogP contribution < -0.4 is 10.5 Å². The van der Waals surface area contributed by atoms with Crippen molar-refractivity contribution >= 4 is 23.2 Å². The number of benzene rings is 1. The van der Waals surface area contributed by atoms with E-state index in [9.17, 15) is 0 Å². The van der Waals surface area contributed by atoms with E-state index in [1.54, 1.807) is 18.2 Å². The third kappa shape index (κ3) is 3.22. The molecule has 0 atom stereocenters. The van der Waals surface area contributed by atoms with Gasteiger partial charge in [-0.1, -0.05) is 29.8 Å². The Labute approximate surface area is 93.3 Å². The molecule has 0 aromatic heterocycles. The molecule has 0 bridgehead atoms. The number of hydrogen-bond donors (Lipinski definition) is 1. The number of halogens is 2. The lowest BCUT2D eigenvalue weighted by Gasteiger charge is -2.08. The summed E-state index contributed by atoms with van der Waals surface area (Å²) in [4.78, 5) is 0. The van der Waals surface area contributed by atoms with Crippen molar-refractivity contribution in [1.29, 1.82) is 0 Å². The van der Waals surface area contributed by atoms with E-state index in [0.29, 0.717) is 28.9 Å². The molecule has 0 amide bonds. The van der Waals surface area contributed by atoms with Crippen LogP contribution in [0.4, 0.5) is 0 Å². The lowest BCUT2D eigenvalue weighted by molar-refractivity contribution is 0.351. The van der Waals surface area contributed by atoms with Gasteiger partial charge in [-0.2, -0.15) is 0 Å². The summed E-state index contributed by atoms with van der Waals surface area (Å²) >= 11 is 11.6. The highest BCUT2D eigenvalue weighted by Crippen LogP contribution is 2.27. The molecule has 0 fully saturated rings. The van der Waals surface area contributed by atoms with Crippen LogP contribution >= 0.6 is 23.2 Å². The Morgan fingerprint density at radius 1 is 1.43 bits per heavy atom. The maximum atomic E-state index is 5.89. The van der Waals surface area contributed by atoms with Crippen LogP contribution in [0.1, 0.15) is 0 Å². The van der Waals surface area contributed by atoms with Crippen LogP contribution in [0, 0.1) is 0 Å². The molecule has 0 radical (unpaired) electrons. The average Bonchev–Trinajstić information content (AvgIpc) is 2.16. The van der Waals surface area contributed by atoms with Gasteiger partial charge in [0.2, 0.25) is 0 Å². The van der Waals surface area contributed by atoms with Gasteiger partial charge in [-0.25, -0.2) is 0 Å². The summed E-state index contributed by atoms with van der Waals surface area (Å²) in [5.74, 6) is 0.589. The Bertz CT molecular complexity index is 339. The second-order valence-electron chi connectivity index (χ2n) is 2.82. The molecule has 0 saturated carbocycles. The van der Waals surface area contributed by atoms with Gasteiger partial charge >= 0.3 is 0 Å². The minimum atomic E-state index is 0.373. The quantitative estimate of drug-likeness (QED) is 0.810. The Balaban J connectivity index is 2.63. The average molecular weight is 232 g/mol. The summed E-state index contributed by atoms with van der Waals surface area (Å²) < 4.78 is 5.37. The predicted molar refractivity (Wildman–Crippen MR) is 60.2 cm³/mol. The van der Waals surface area contributed by atoms with E-state index in [1.165, 1.54) is 0 Å². The van der Waals surface area contributed by atoms with Crippen molar-refractivity contribution in [3.05, 3.63) is 40.4 Å². The summed E-state index contributed by atoms with van der Waals surface area (Å²) in [5.41, 5.74) is 6.18. The number of nitrogens with two attached hydrogens (primary N) is 1. The van der Waals surface area contributed by atoms with Crippen molar-refractivity contribution < 1.29 is 4.74 Å². The van der Waals surface area contributed by atoms with Gasteiger partial charge in [0.05, 0.1) is 5.02 Å². The van der Waals surface area contributed by atoms with Crippen LogP contribution in [0.5, 0.6) is 5.75 Å². The van der Waals surface area contributed by atoms with E-state index in [2.05, 4.69) is 6.58 Å². The summed E-state index contributed by atoms with van der Waals surface area (Å²) in [6, 6.07) is 5.06. The normalized spacial score (nSPS) is 9.93. The summed E-state index contributed by atoms with van der Waals surface area (Å²) in [7, 11) is 0. The van der Waals surface area contributed by atoms with Crippen molar-refractivity contribution in [1.82, 2.24) is 0 Å². The summed E-state index contributed by atoms with van der Waals surface area (Å²) in [5, 5.41) is 1.07. The molecule has 76 valence electrons. The first-order valence-electron chi connectivity index (χ1n) is 4.08. The van der Waals surface area contributed by atoms with Gasteiger partial charge < -0.3 is 10.5 Å². The highest BCUT2D eigenvalue weighted by molar-refractivity contribution is 6.35. The molecule has 0 aliphatic heterocycles. The molecule has 1 aromatic carbocycles. The second kappa shape index (κ2) is 5.25. The van der Waals surface area contributed by atoms with Gasteiger partial charge in [-0.05, 0) is 23.8 Å². The first-order valence-corrected chi connectivity index (χ1v) is 4.83. The molecule has 0 saturated heterocycles. The van der Waals surface area contributed by atoms with Gasteiger partial charge in [0, 0.05) is 11.6 Å². The minimum absolute atomic E-state index is 0.373. The van der Waals surface area contributed by atoms with Crippen molar-refractivity contribution in [2.45, 2.75) is 0 Å². The first kappa shape index (κ1) is 11.4. The third-order valence-electron chi connectivity index (χ3n) is 1.61. The van der Waals surface area contributed by atoms with Gasteiger partial charge in [-0.3, -0.25) is 0 Å². The number of ether oxygens (including phenoxy) is 1. The SMILES string of the molecule is C=C(CN)COc1ccc(Cl)cc1Cl. The molecule has 2 nitrogen and oxygen atoms in total. The lowest BCUT2D eigenvalue weighted by atomic mass is 10.3. The van der Waals surface area contributed by atoms with E-state index < -0.39 is 0 Å². The Morgan fingerprint density at radius 3 is 2.71 bits per heavy atom. The van der Waals surface area contributed by atoms with Crippen LogP contribution in [0.25, 0.3) is 0 Å². The van der Waals surface area contributed by atoms with Crippen molar-refractivity contribution in [3.8, 4) is 5.75 Å². The fraction of sp³-hybridized carbons (Fsp3) is 0.200. The second-order valence-corrected chi connectivity index (χ2v) is 3.66. The molecule has 0 unspecified atom stereocenters. The van der Waals surface area contributed by atoms with E-state index in [-0.39, 0.29) is 0 Å². The minimum Gasteiger partial charge on any atom is -0.488 e. The maximum Gasteiger partial charge on any atom is 0.138 e. The molecule has 2 N–H and O–H groups in total. The van der Waals surface area contributed by atoms with Gasteiger partial charge in [-0.15, -0.1) is 0 Å². The fourth-order valence-electron chi connectivity index (χ4n) is 0.831. The van der Waals surface area contributed by atoms with Gasteiger partial charge in [0.25, 0.3) is 0 Å². The lowest BCUT2D eigenvalue weighted by Crippen LogP contribution is -2.09. The first-order chi connectivity index (χ1) is 6.63. The zero-order chi connectivity index (χ0) is 10.6. The van der Waals surface area contributed by atoms with E-state index >= 15 is 0 Å². The molecule has 0 heterocycles. The summed E-state index contributed by atoms with van der Waals surface area (Å²) in [6.45, 7) is 4.50. The van der Waals surface area contributed by atoms with Crippen molar-refractivity contribution in [2.75, 3.05) is 13.2 Å². The Hall–Kier alpha value is -0.700.